The zero-order chi connectivity index (χ0) is 25.6. The van der Waals surface area contributed by atoms with Crippen molar-refractivity contribution in [2.45, 2.75) is 59.0 Å². The first-order chi connectivity index (χ1) is 18.2. The van der Waals surface area contributed by atoms with Gasteiger partial charge in [0.25, 0.3) is 0 Å². The van der Waals surface area contributed by atoms with E-state index in [-0.39, 0.29) is 5.69 Å². The van der Waals surface area contributed by atoms with Crippen molar-refractivity contribution in [2.24, 2.45) is 0 Å². The monoisotopic (exact) mass is 498 g/mol. The van der Waals surface area contributed by atoms with E-state index in [1.807, 2.05) is 47.3 Å². The molecule has 4 heterocycles. The number of rotatable bonds is 11. The Morgan fingerprint density at radius 1 is 1.00 bits per heavy atom. The van der Waals surface area contributed by atoms with Crippen molar-refractivity contribution in [2.75, 3.05) is 0 Å². The van der Waals surface area contributed by atoms with Crippen molar-refractivity contribution < 1.29 is 0 Å². The summed E-state index contributed by atoms with van der Waals surface area (Å²) in [5.41, 5.74) is 4.49. The van der Waals surface area contributed by atoms with Gasteiger partial charge in [-0.15, -0.1) is 10.2 Å². The van der Waals surface area contributed by atoms with E-state index in [2.05, 4.69) is 49.5 Å². The molecule has 37 heavy (non-hydrogen) atoms. The molecule has 11 nitrogen and oxygen atoms in total. The minimum absolute atomic E-state index is 0.141. The highest BCUT2D eigenvalue weighted by molar-refractivity contribution is 5.81. The van der Waals surface area contributed by atoms with Crippen molar-refractivity contribution in [3.8, 4) is 28.5 Å². The molecule has 0 saturated heterocycles. The molecule has 0 atom stereocenters. The second-order valence-electron chi connectivity index (χ2n) is 8.91. The highest BCUT2D eigenvalue weighted by Gasteiger charge is 2.19. The molecule has 0 fully saturated rings. The molecule has 5 rings (SSSR count). The number of aryl methyl sites for hydroxylation is 2. The van der Waals surface area contributed by atoms with E-state index < -0.39 is 0 Å². The second kappa shape index (κ2) is 11.1. The maximum absolute atomic E-state index is 13.8. The van der Waals surface area contributed by atoms with Crippen molar-refractivity contribution >= 4 is 0 Å². The number of hydrogen-bond donors (Lipinski definition) is 1. The minimum atomic E-state index is -0.141. The first-order valence-electron chi connectivity index (χ1n) is 12.7. The van der Waals surface area contributed by atoms with Gasteiger partial charge in [0.1, 0.15) is 6.33 Å². The molecule has 1 aromatic carbocycles. The fraction of sp³-hybridized carbons (Fsp3) is 0.346. The van der Waals surface area contributed by atoms with Crippen LogP contribution in [0.3, 0.4) is 0 Å². The average molecular weight is 499 g/mol. The zero-order valence-electron chi connectivity index (χ0n) is 21.1. The Kier molecular flexibility index (Phi) is 7.29. The summed E-state index contributed by atoms with van der Waals surface area (Å²) in [4.78, 5) is 22.6. The van der Waals surface area contributed by atoms with E-state index in [4.69, 9.17) is 0 Å². The van der Waals surface area contributed by atoms with E-state index in [9.17, 15) is 4.79 Å². The largest absolute Gasteiger partial charge is 0.335 e. The van der Waals surface area contributed by atoms with Gasteiger partial charge in [-0.3, -0.25) is 9.55 Å². The Morgan fingerprint density at radius 2 is 1.84 bits per heavy atom. The summed E-state index contributed by atoms with van der Waals surface area (Å²) >= 11 is 0. The SMILES string of the molecule is CCCCc1cn(-c2ncnn2CCCC)c(=O)n1Cc1cnccc1-c1ccccc1-c1nn[nH]n1. The van der Waals surface area contributed by atoms with Crippen molar-refractivity contribution in [3.63, 3.8) is 0 Å². The Morgan fingerprint density at radius 3 is 2.62 bits per heavy atom. The number of unbranched alkanes of at least 4 members (excludes halogenated alkanes) is 2. The topological polar surface area (TPSA) is 125 Å². The van der Waals surface area contributed by atoms with Crippen molar-refractivity contribution in [1.29, 1.82) is 0 Å². The van der Waals surface area contributed by atoms with Gasteiger partial charge in [-0.2, -0.15) is 15.3 Å². The summed E-state index contributed by atoms with van der Waals surface area (Å²) in [6.45, 7) is 5.37. The van der Waals surface area contributed by atoms with E-state index in [1.54, 1.807) is 15.4 Å². The lowest BCUT2D eigenvalue weighted by atomic mass is 9.96. The number of benzene rings is 1. The lowest BCUT2D eigenvalue weighted by Crippen LogP contribution is -2.27. The Bertz CT molecular complexity index is 1510. The summed E-state index contributed by atoms with van der Waals surface area (Å²) in [7, 11) is 0. The minimum Gasteiger partial charge on any atom is -0.291 e. The summed E-state index contributed by atoms with van der Waals surface area (Å²) in [5, 5.41) is 18.9. The lowest BCUT2D eigenvalue weighted by Gasteiger charge is -2.13. The number of nitrogens with zero attached hydrogens (tertiary/aromatic N) is 9. The predicted molar refractivity (Wildman–Crippen MR) is 139 cm³/mol. The molecule has 5 aromatic rings. The molecule has 1 N–H and O–H groups in total. The fourth-order valence-corrected chi connectivity index (χ4v) is 4.48. The number of pyridine rings is 1. The number of aromatic amines is 1. The van der Waals surface area contributed by atoms with Crippen LogP contribution >= 0.6 is 0 Å². The van der Waals surface area contributed by atoms with E-state index in [0.29, 0.717) is 24.9 Å². The van der Waals surface area contributed by atoms with Crippen LogP contribution in [-0.2, 0) is 19.5 Å². The summed E-state index contributed by atoms with van der Waals surface area (Å²) < 4.78 is 5.25. The maximum atomic E-state index is 13.8. The predicted octanol–water partition coefficient (Wildman–Crippen LogP) is 3.66. The number of imidazole rings is 1. The molecular weight excluding hydrogens is 468 g/mol. The van der Waals surface area contributed by atoms with E-state index in [1.165, 1.54) is 6.33 Å². The molecule has 0 aliphatic carbocycles. The van der Waals surface area contributed by atoms with Gasteiger partial charge in [-0.25, -0.2) is 14.0 Å². The average Bonchev–Trinajstić information content (AvgIpc) is 3.69. The first-order valence-corrected chi connectivity index (χ1v) is 12.7. The van der Waals surface area contributed by atoms with Gasteiger partial charge in [0.15, 0.2) is 0 Å². The Hall–Kier alpha value is -4.41. The van der Waals surface area contributed by atoms with Gasteiger partial charge < -0.3 is 0 Å². The summed E-state index contributed by atoms with van der Waals surface area (Å²) in [5.74, 6) is 1.06. The molecule has 0 unspecified atom stereocenters. The molecular formula is C26H30N10O. The first kappa shape index (κ1) is 24.3. The number of aromatic nitrogens is 10. The third-order valence-electron chi connectivity index (χ3n) is 6.42. The van der Waals surface area contributed by atoms with Gasteiger partial charge in [0, 0.05) is 36.4 Å². The normalized spacial score (nSPS) is 11.3. The number of H-pyrrole nitrogens is 1. The number of hydrogen-bond acceptors (Lipinski definition) is 7. The second-order valence-corrected chi connectivity index (χ2v) is 8.91. The van der Waals surface area contributed by atoms with Crippen LogP contribution in [0.2, 0.25) is 0 Å². The number of nitrogens with one attached hydrogen (secondary N) is 1. The summed E-state index contributed by atoms with van der Waals surface area (Å²) in [6.07, 6.45) is 11.8. The van der Waals surface area contributed by atoms with Gasteiger partial charge in [0.05, 0.1) is 6.54 Å². The van der Waals surface area contributed by atoms with E-state index in [0.717, 1.165) is 60.1 Å². The molecule has 0 spiro atoms. The van der Waals surface area contributed by atoms with Crippen LogP contribution in [0, 0.1) is 0 Å². The van der Waals surface area contributed by atoms with Crippen LogP contribution in [0.5, 0.6) is 0 Å². The lowest BCUT2D eigenvalue weighted by molar-refractivity contribution is 0.553. The fourth-order valence-electron chi connectivity index (χ4n) is 4.48. The molecule has 0 aliphatic rings. The third-order valence-corrected chi connectivity index (χ3v) is 6.42. The molecule has 190 valence electrons. The number of tetrazole rings is 1. The molecule has 0 bridgehead atoms. The highest BCUT2D eigenvalue weighted by Crippen LogP contribution is 2.32. The van der Waals surface area contributed by atoms with Crippen molar-refractivity contribution in [3.05, 3.63) is 77.0 Å². The van der Waals surface area contributed by atoms with Crippen LogP contribution in [0.15, 0.2) is 60.0 Å². The van der Waals surface area contributed by atoms with Crippen LogP contribution in [0.4, 0.5) is 0 Å². The van der Waals surface area contributed by atoms with Crippen molar-refractivity contribution in [1.82, 2.24) is 49.5 Å². The quantitative estimate of drug-likeness (QED) is 0.295. The smallest absolute Gasteiger partial charge is 0.291 e. The van der Waals surface area contributed by atoms with E-state index >= 15 is 0 Å². The van der Waals surface area contributed by atoms with Crippen LogP contribution < -0.4 is 5.69 Å². The molecule has 0 saturated carbocycles. The standard InChI is InChI=1S/C26H30N10O/c1-3-5-9-20-17-35(25-28-18-29-36(25)14-6-4-2)26(37)34(20)16-19-15-27-13-12-21(19)22-10-7-8-11-23(22)24-30-32-33-31-24/h7-8,10-13,15,17-18H,3-6,9,14,16H2,1-2H3,(H,30,31,32,33). The molecule has 0 amide bonds. The zero-order valence-corrected chi connectivity index (χ0v) is 21.1. The van der Waals surface area contributed by atoms with Crippen LogP contribution in [0.1, 0.15) is 50.8 Å². The van der Waals surface area contributed by atoms with Crippen LogP contribution in [-0.4, -0.2) is 49.5 Å². The summed E-state index contributed by atoms with van der Waals surface area (Å²) in [6, 6.07) is 9.86. The molecule has 0 radical (unpaired) electrons. The van der Waals surface area contributed by atoms with Gasteiger partial charge in [-0.1, -0.05) is 51.0 Å². The molecule has 4 aromatic heterocycles. The van der Waals surface area contributed by atoms with Crippen LogP contribution in [0.25, 0.3) is 28.5 Å². The highest BCUT2D eigenvalue weighted by atomic mass is 16.2. The van der Waals surface area contributed by atoms with Gasteiger partial charge in [0.2, 0.25) is 11.8 Å². The third kappa shape index (κ3) is 4.97. The Labute approximate surface area is 214 Å². The van der Waals surface area contributed by atoms with Gasteiger partial charge >= 0.3 is 5.69 Å². The molecule has 0 aliphatic heterocycles. The maximum Gasteiger partial charge on any atom is 0.335 e. The molecule has 11 heteroatoms. The van der Waals surface area contributed by atoms with Gasteiger partial charge in [-0.05, 0) is 47.2 Å². The Balaban J connectivity index is 1.58.